The van der Waals surface area contributed by atoms with Gasteiger partial charge in [-0.2, -0.15) is 0 Å². The fourth-order valence-corrected chi connectivity index (χ4v) is 8.74. The predicted molar refractivity (Wildman–Crippen MR) is 316 cm³/mol. The number of esters is 3. The lowest BCUT2D eigenvalue weighted by molar-refractivity contribution is -0.167. The molecular formula is C67H116O6. The molecule has 0 heterocycles. The molecule has 0 spiro atoms. The van der Waals surface area contributed by atoms with Gasteiger partial charge in [-0.1, -0.05) is 279 Å². The van der Waals surface area contributed by atoms with E-state index < -0.39 is 6.10 Å². The van der Waals surface area contributed by atoms with Gasteiger partial charge >= 0.3 is 17.9 Å². The molecule has 420 valence electrons. The Bertz CT molecular complexity index is 1400. The molecule has 0 saturated carbocycles. The number of carbonyl (C=O) groups excluding carboxylic acids is 3. The van der Waals surface area contributed by atoms with Crippen molar-refractivity contribution in [1.82, 2.24) is 0 Å². The lowest BCUT2D eigenvalue weighted by Crippen LogP contribution is -2.30. The zero-order valence-electron chi connectivity index (χ0n) is 48.1. The second-order valence-electron chi connectivity index (χ2n) is 20.6. The molecule has 0 aromatic heterocycles. The molecule has 0 bridgehead atoms. The number of carbonyl (C=O) groups is 3. The molecule has 6 heteroatoms. The first-order valence-corrected chi connectivity index (χ1v) is 31.1. The summed E-state index contributed by atoms with van der Waals surface area (Å²) < 4.78 is 16.9. The molecule has 0 rings (SSSR count). The standard InChI is InChI=1S/C67H116O6/c1-4-7-10-13-16-19-22-25-27-28-29-30-31-32-33-34-35-36-37-38-40-42-45-48-51-54-57-60-66(69)72-63-64(62-71-65(68)59-56-53-50-47-44-41-24-21-18-15-12-9-6-3)73-67(70)61-58-55-52-49-46-43-39-26-23-20-17-14-11-8-5-2/h7,10,12,15-16,19,21,24-25,27,29-30,32-33,64H,4-6,8-9,11,13-14,17-18,20,22-23,26,28,31,34-63H2,1-3H3/b10-7-,15-12-,19-16-,24-21-,27-25-,30-29-,33-32-. The lowest BCUT2D eigenvalue weighted by atomic mass is 10.0. The van der Waals surface area contributed by atoms with Crippen molar-refractivity contribution in [3.63, 3.8) is 0 Å². The maximum absolute atomic E-state index is 12.9. The molecule has 0 N–H and O–H groups in total. The summed E-state index contributed by atoms with van der Waals surface area (Å²) in [5, 5.41) is 0. The van der Waals surface area contributed by atoms with Gasteiger partial charge in [0.15, 0.2) is 6.10 Å². The molecule has 0 radical (unpaired) electrons. The molecule has 0 aliphatic carbocycles. The van der Waals surface area contributed by atoms with Crippen LogP contribution in [0.2, 0.25) is 0 Å². The molecule has 0 aromatic carbocycles. The predicted octanol–water partition coefficient (Wildman–Crippen LogP) is 21.1. The average molecular weight is 1020 g/mol. The molecule has 0 aliphatic heterocycles. The fourth-order valence-electron chi connectivity index (χ4n) is 8.74. The van der Waals surface area contributed by atoms with Crippen LogP contribution < -0.4 is 0 Å². The van der Waals surface area contributed by atoms with Crippen molar-refractivity contribution >= 4 is 17.9 Å². The van der Waals surface area contributed by atoms with Gasteiger partial charge in [0.05, 0.1) is 0 Å². The Labute approximate surface area is 452 Å². The first-order valence-electron chi connectivity index (χ1n) is 31.1. The highest BCUT2D eigenvalue weighted by atomic mass is 16.6. The summed E-state index contributed by atoms with van der Waals surface area (Å²) in [5.41, 5.74) is 0. The van der Waals surface area contributed by atoms with Crippen molar-refractivity contribution in [2.45, 2.75) is 309 Å². The molecule has 0 fully saturated rings. The first kappa shape index (κ1) is 69.6. The van der Waals surface area contributed by atoms with Gasteiger partial charge in [0.2, 0.25) is 0 Å². The van der Waals surface area contributed by atoms with Gasteiger partial charge in [0.25, 0.3) is 0 Å². The molecule has 0 saturated heterocycles. The molecule has 73 heavy (non-hydrogen) atoms. The number of allylic oxidation sites excluding steroid dienone is 14. The van der Waals surface area contributed by atoms with E-state index in [9.17, 15) is 14.4 Å². The minimum absolute atomic E-state index is 0.0798. The largest absolute Gasteiger partial charge is 0.462 e. The smallest absolute Gasteiger partial charge is 0.306 e. The fraction of sp³-hybridized carbons (Fsp3) is 0.746. The third kappa shape index (κ3) is 59.3. The zero-order valence-corrected chi connectivity index (χ0v) is 48.1. The van der Waals surface area contributed by atoms with E-state index in [1.165, 1.54) is 148 Å². The van der Waals surface area contributed by atoms with Gasteiger partial charge in [-0.05, 0) is 89.9 Å². The van der Waals surface area contributed by atoms with E-state index in [-0.39, 0.29) is 31.1 Å². The Kier molecular flexibility index (Phi) is 58.3. The second-order valence-corrected chi connectivity index (χ2v) is 20.6. The Morgan fingerprint density at radius 2 is 0.562 bits per heavy atom. The van der Waals surface area contributed by atoms with Crippen LogP contribution in [-0.4, -0.2) is 37.2 Å². The number of hydrogen-bond donors (Lipinski definition) is 0. The highest BCUT2D eigenvalue weighted by Crippen LogP contribution is 2.16. The van der Waals surface area contributed by atoms with E-state index in [4.69, 9.17) is 14.2 Å². The summed E-state index contributed by atoms with van der Waals surface area (Å²) in [5.74, 6) is -0.885. The molecule has 6 nitrogen and oxygen atoms in total. The van der Waals surface area contributed by atoms with Gasteiger partial charge in [-0.3, -0.25) is 14.4 Å². The molecule has 0 aliphatic rings. The van der Waals surface area contributed by atoms with Crippen LogP contribution in [-0.2, 0) is 28.6 Å². The number of hydrogen-bond acceptors (Lipinski definition) is 6. The molecule has 1 unspecified atom stereocenters. The Morgan fingerprint density at radius 3 is 0.890 bits per heavy atom. The van der Waals surface area contributed by atoms with Crippen molar-refractivity contribution < 1.29 is 28.6 Å². The summed E-state index contributed by atoms with van der Waals surface area (Å²) in [7, 11) is 0. The van der Waals surface area contributed by atoms with E-state index in [1.807, 2.05) is 0 Å². The highest BCUT2D eigenvalue weighted by molar-refractivity contribution is 5.71. The number of unbranched alkanes of at least 4 members (excludes halogenated alkanes) is 31. The van der Waals surface area contributed by atoms with Gasteiger partial charge in [-0.15, -0.1) is 0 Å². The van der Waals surface area contributed by atoms with Crippen LogP contribution in [0.1, 0.15) is 303 Å². The quantitative estimate of drug-likeness (QED) is 0.0261. The van der Waals surface area contributed by atoms with Crippen molar-refractivity contribution in [2.75, 3.05) is 13.2 Å². The summed E-state index contributed by atoms with van der Waals surface area (Å²) in [6.45, 7) is 6.48. The third-order valence-electron chi connectivity index (χ3n) is 13.4. The molecular weight excluding hydrogens is 901 g/mol. The molecule has 1 atom stereocenters. The van der Waals surface area contributed by atoms with E-state index in [0.717, 1.165) is 116 Å². The topological polar surface area (TPSA) is 78.9 Å². The van der Waals surface area contributed by atoms with Crippen molar-refractivity contribution in [3.05, 3.63) is 85.1 Å². The maximum Gasteiger partial charge on any atom is 0.306 e. The van der Waals surface area contributed by atoms with Crippen LogP contribution in [0.25, 0.3) is 0 Å². The number of ether oxygens (including phenoxy) is 3. The Balaban J connectivity index is 4.27. The van der Waals surface area contributed by atoms with Crippen molar-refractivity contribution in [3.8, 4) is 0 Å². The lowest BCUT2D eigenvalue weighted by Gasteiger charge is -2.18. The zero-order chi connectivity index (χ0) is 52.9. The monoisotopic (exact) mass is 1020 g/mol. The Morgan fingerprint density at radius 1 is 0.288 bits per heavy atom. The average Bonchev–Trinajstić information content (AvgIpc) is 3.39. The first-order chi connectivity index (χ1) is 36.0. The van der Waals surface area contributed by atoms with Crippen LogP contribution >= 0.6 is 0 Å². The van der Waals surface area contributed by atoms with Crippen LogP contribution in [0.15, 0.2) is 85.1 Å². The van der Waals surface area contributed by atoms with E-state index in [2.05, 4.69) is 106 Å². The highest BCUT2D eigenvalue weighted by Gasteiger charge is 2.19. The summed E-state index contributed by atoms with van der Waals surface area (Å²) in [6, 6.07) is 0. The van der Waals surface area contributed by atoms with Crippen LogP contribution in [0.5, 0.6) is 0 Å². The number of rotatable bonds is 56. The molecule has 0 amide bonds. The summed E-state index contributed by atoms with van der Waals surface area (Å²) >= 11 is 0. The minimum atomic E-state index is -0.782. The maximum atomic E-state index is 12.9. The molecule has 0 aromatic rings. The van der Waals surface area contributed by atoms with Crippen molar-refractivity contribution in [2.24, 2.45) is 0 Å². The van der Waals surface area contributed by atoms with E-state index >= 15 is 0 Å². The van der Waals surface area contributed by atoms with Gasteiger partial charge in [-0.25, -0.2) is 0 Å². The van der Waals surface area contributed by atoms with E-state index in [0.29, 0.717) is 19.3 Å². The minimum Gasteiger partial charge on any atom is -0.462 e. The SMILES string of the molecule is CC/C=C\C/C=C\C/C=C\C/C=C\C/C=C\CCCCCCCCCCCCCC(=O)OCC(COC(=O)CCCCCCC/C=C\C/C=C\CCC)OC(=O)CCCCCCCCCCCCCCCCC. The van der Waals surface area contributed by atoms with Crippen molar-refractivity contribution in [1.29, 1.82) is 0 Å². The van der Waals surface area contributed by atoms with Crippen LogP contribution in [0, 0.1) is 0 Å². The summed E-state index contributed by atoms with van der Waals surface area (Å²) in [6.07, 6.45) is 80.1. The third-order valence-corrected chi connectivity index (χ3v) is 13.4. The summed E-state index contributed by atoms with van der Waals surface area (Å²) in [4.78, 5) is 38.2. The Hall–Kier alpha value is -3.41. The normalized spacial score (nSPS) is 12.6. The van der Waals surface area contributed by atoms with Gasteiger partial charge in [0, 0.05) is 19.3 Å². The van der Waals surface area contributed by atoms with E-state index in [1.54, 1.807) is 0 Å². The van der Waals surface area contributed by atoms with Gasteiger partial charge < -0.3 is 14.2 Å². The van der Waals surface area contributed by atoms with Crippen LogP contribution in [0.3, 0.4) is 0 Å². The second kappa shape index (κ2) is 61.1. The van der Waals surface area contributed by atoms with Gasteiger partial charge in [0.1, 0.15) is 13.2 Å². The van der Waals surface area contributed by atoms with Crippen LogP contribution in [0.4, 0.5) is 0 Å².